The minimum Gasteiger partial charge on any atom is -0.372 e. The average Bonchev–Trinajstić information content (AvgIpc) is 2.83. The van der Waals surface area contributed by atoms with Gasteiger partial charge in [-0.3, -0.25) is 9.69 Å². The number of hydrogen-bond donors (Lipinski definition) is 1. The van der Waals surface area contributed by atoms with Crippen molar-refractivity contribution in [3.63, 3.8) is 0 Å². The van der Waals surface area contributed by atoms with E-state index in [9.17, 15) is 18.4 Å². The number of anilines is 1. The van der Waals surface area contributed by atoms with Crippen molar-refractivity contribution >= 4 is 17.6 Å². The van der Waals surface area contributed by atoms with Gasteiger partial charge in [0.25, 0.3) is 5.91 Å². The summed E-state index contributed by atoms with van der Waals surface area (Å²) in [4.78, 5) is 27.2. The van der Waals surface area contributed by atoms with E-state index in [-0.39, 0.29) is 6.54 Å². The smallest absolute Gasteiger partial charge is 0.325 e. The van der Waals surface area contributed by atoms with E-state index in [1.165, 1.54) is 19.3 Å². The van der Waals surface area contributed by atoms with Crippen molar-refractivity contribution in [3.8, 4) is 0 Å². The second-order valence-corrected chi connectivity index (χ2v) is 6.27. The molecular weight excluding hydrogens is 316 g/mol. The minimum absolute atomic E-state index is 0.102. The quantitative estimate of drug-likeness (QED) is 0.841. The van der Waals surface area contributed by atoms with E-state index in [0.717, 1.165) is 29.2 Å². The van der Waals surface area contributed by atoms with Crippen molar-refractivity contribution in [3.05, 3.63) is 29.8 Å². The van der Waals surface area contributed by atoms with E-state index in [0.29, 0.717) is 0 Å². The maximum Gasteiger partial charge on any atom is 0.325 e. The van der Waals surface area contributed by atoms with Crippen LogP contribution in [-0.2, 0) is 11.3 Å². The highest BCUT2D eigenvalue weighted by Crippen LogP contribution is 2.22. The number of alkyl halides is 2. The third kappa shape index (κ3) is 3.66. The van der Waals surface area contributed by atoms with Crippen LogP contribution < -0.4 is 10.2 Å². The number of imide groups is 1. The van der Waals surface area contributed by atoms with Gasteiger partial charge in [0.2, 0.25) is 6.43 Å². The Labute approximate surface area is 139 Å². The number of halogens is 2. The van der Waals surface area contributed by atoms with Crippen molar-refractivity contribution in [2.75, 3.05) is 18.0 Å². The molecule has 2 saturated heterocycles. The van der Waals surface area contributed by atoms with Gasteiger partial charge < -0.3 is 10.2 Å². The van der Waals surface area contributed by atoms with Gasteiger partial charge in [0, 0.05) is 25.2 Å². The summed E-state index contributed by atoms with van der Waals surface area (Å²) in [7, 11) is 0. The van der Waals surface area contributed by atoms with Crippen LogP contribution in [0.5, 0.6) is 0 Å². The Morgan fingerprint density at radius 3 is 2.38 bits per heavy atom. The molecule has 1 unspecified atom stereocenters. The topological polar surface area (TPSA) is 52.7 Å². The van der Waals surface area contributed by atoms with E-state index < -0.39 is 30.8 Å². The van der Waals surface area contributed by atoms with Gasteiger partial charge in [-0.2, -0.15) is 0 Å². The average molecular weight is 337 g/mol. The normalized spacial score (nSPS) is 21.5. The van der Waals surface area contributed by atoms with Crippen LogP contribution in [-0.4, -0.2) is 42.4 Å². The van der Waals surface area contributed by atoms with Gasteiger partial charge >= 0.3 is 6.03 Å². The monoisotopic (exact) mass is 337 g/mol. The van der Waals surface area contributed by atoms with Crippen LogP contribution in [0.25, 0.3) is 0 Å². The van der Waals surface area contributed by atoms with Gasteiger partial charge in [-0.05, 0) is 37.0 Å². The van der Waals surface area contributed by atoms with E-state index in [1.807, 2.05) is 24.3 Å². The molecule has 0 bridgehead atoms. The van der Waals surface area contributed by atoms with Crippen molar-refractivity contribution in [1.82, 2.24) is 10.2 Å². The maximum absolute atomic E-state index is 12.4. The second kappa shape index (κ2) is 7.15. The van der Waals surface area contributed by atoms with E-state index in [4.69, 9.17) is 0 Å². The molecule has 5 nitrogen and oxygen atoms in total. The van der Waals surface area contributed by atoms with Crippen molar-refractivity contribution in [1.29, 1.82) is 0 Å². The van der Waals surface area contributed by atoms with E-state index in [1.54, 1.807) is 0 Å². The van der Waals surface area contributed by atoms with Gasteiger partial charge in [-0.1, -0.05) is 12.1 Å². The van der Waals surface area contributed by atoms with Gasteiger partial charge in [-0.15, -0.1) is 0 Å². The summed E-state index contributed by atoms with van der Waals surface area (Å²) in [6.45, 7) is 2.19. The number of carbonyl (C=O) groups excluding carboxylic acids is 2. The predicted octanol–water partition coefficient (Wildman–Crippen LogP) is 2.75. The molecule has 130 valence electrons. The molecule has 2 aliphatic rings. The van der Waals surface area contributed by atoms with E-state index in [2.05, 4.69) is 10.2 Å². The van der Waals surface area contributed by atoms with Gasteiger partial charge in [0.15, 0.2) is 0 Å². The van der Waals surface area contributed by atoms with E-state index >= 15 is 0 Å². The van der Waals surface area contributed by atoms with Crippen molar-refractivity contribution < 1.29 is 18.4 Å². The molecule has 1 atom stereocenters. The lowest BCUT2D eigenvalue weighted by atomic mass is 10.1. The van der Waals surface area contributed by atoms with Gasteiger partial charge in [0.1, 0.15) is 6.04 Å². The molecule has 0 saturated carbocycles. The lowest BCUT2D eigenvalue weighted by molar-refractivity contribution is -0.128. The molecule has 2 aliphatic heterocycles. The first kappa shape index (κ1) is 16.7. The van der Waals surface area contributed by atoms with Crippen LogP contribution in [0.2, 0.25) is 0 Å². The molecule has 1 aromatic rings. The molecule has 24 heavy (non-hydrogen) atoms. The highest BCUT2D eigenvalue weighted by atomic mass is 19.3. The molecule has 1 N–H and O–H groups in total. The summed E-state index contributed by atoms with van der Waals surface area (Å²) in [6.07, 6.45) is 0.379. The number of amides is 3. The third-order valence-electron chi connectivity index (χ3n) is 4.52. The zero-order valence-electron chi connectivity index (χ0n) is 13.4. The highest BCUT2D eigenvalue weighted by Gasteiger charge is 2.39. The Morgan fingerprint density at radius 1 is 1.08 bits per heavy atom. The summed E-state index contributed by atoms with van der Waals surface area (Å²) in [5.74, 6) is -0.583. The zero-order chi connectivity index (χ0) is 17.1. The SMILES string of the molecule is O=C1NC(CC(F)F)C(=O)N1Cc1ccc(N2CCCCC2)cc1. The first-order valence-corrected chi connectivity index (χ1v) is 8.28. The molecule has 0 aromatic heterocycles. The summed E-state index contributed by atoms with van der Waals surface area (Å²) in [5.41, 5.74) is 1.93. The first-order chi connectivity index (χ1) is 11.5. The molecule has 7 heteroatoms. The lowest BCUT2D eigenvalue weighted by Crippen LogP contribution is -2.32. The Morgan fingerprint density at radius 2 is 1.75 bits per heavy atom. The Balaban J connectivity index is 1.63. The molecule has 2 fully saturated rings. The van der Waals surface area contributed by atoms with Crippen LogP contribution in [0.15, 0.2) is 24.3 Å². The number of piperidine rings is 1. The fourth-order valence-corrected chi connectivity index (χ4v) is 3.21. The molecule has 2 heterocycles. The largest absolute Gasteiger partial charge is 0.372 e. The van der Waals surface area contributed by atoms with Crippen LogP contribution in [0.4, 0.5) is 19.3 Å². The first-order valence-electron chi connectivity index (χ1n) is 8.28. The number of benzene rings is 1. The van der Waals surface area contributed by atoms with Gasteiger partial charge in [0.05, 0.1) is 6.54 Å². The van der Waals surface area contributed by atoms with Gasteiger partial charge in [-0.25, -0.2) is 13.6 Å². The second-order valence-electron chi connectivity index (χ2n) is 6.27. The number of nitrogens with zero attached hydrogens (tertiary/aromatic N) is 2. The predicted molar refractivity (Wildman–Crippen MR) is 86.0 cm³/mol. The fraction of sp³-hybridized carbons (Fsp3) is 0.529. The highest BCUT2D eigenvalue weighted by molar-refractivity contribution is 6.04. The summed E-state index contributed by atoms with van der Waals surface area (Å²) < 4.78 is 24.9. The molecule has 1 aromatic carbocycles. The Bertz CT molecular complexity index is 600. The number of urea groups is 1. The Hall–Kier alpha value is -2.18. The number of nitrogens with one attached hydrogen (secondary N) is 1. The third-order valence-corrected chi connectivity index (χ3v) is 4.52. The summed E-state index contributed by atoms with van der Waals surface area (Å²) in [6, 6.07) is 6.00. The molecule has 3 amide bonds. The van der Waals surface area contributed by atoms with Crippen LogP contribution in [0.3, 0.4) is 0 Å². The molecule has 0 spiro atoms. The minimum atomic E-state index is -2.62. The number of hydrogen-bond acceptors (Lipinski definition) is 3. The number of carbonyl (C=O) groups is 2. The fourth-order valence-electron chi connectivity index (χ4n) is 3.21. The van der Waals surface area contributed by atoms with Crippen molar-refractivity contribution in [2.24, 2.45) is 0 Å². The van der Waals surface area contributed by atoms with Crippen molar-refractivity contribution in [2.45, 2.75) is 44.7 Å². The van der Waals surface area contributed by atoms with Crippen LogP contribution >= 0.6 is 0 Å². The summed E-state index contributed by atoms with van der Waals surface area (Å²) >= 11 is 0. The molecule has 0 aliphatic carbocycles. The summed E-state index contributed by atoms with van der Waals surface area (Å²) in [5, 5.41) is 2.32. The molecule has 3 rings (SSSR count). The van der Waals surface area contributed by atoms with Crippen LogP contribution in [0.1, 0.15) is 31.2 Å². The van der Waals surface area contributed by atoms with Crippen LogP contribution in [0, 0.1) is 0 Å². The molecule has 0 radical (unpaired) electrons. The Kier molecular flexibility index (Phi) is 4.97. The standard InChI is InChI=1S/C17H21F2N3O2/c18-15(19)10-14-16(23)22(17(24)20-14)11-12-4-6-13(7-5-12)21-8-2-1-3-9-21/h4-7,14-15H,1-3,8-11H2,(H,20,24). The molecular formula is C17H21F2N3O2. The maximum atomic E-state index is 12.4. The number of rotatable bonds is 5. The zero-order valence-corrected chi connectivity index (χ0v) is 13.4. The lowest BCUT2D eigenvalue weighted by Gasteiger charge is -2.29.